The van der Waals surface area contributed by atoms with E-state index in [1.807, 2.05) is 0 Å². The van der Waals surface area contributed by atoms with Crippen LogP contribution < -0.4 is 10.5 Å². The van der Waals surface area contributed by atoms with Crippen molar-refractivity contribution in [3.05, 3.63) is 82.3 Å². The lowest BCUT2D eigenvalue weighted by Crippen LogP contribution is -2.38. The number of halogens is 2. The highest BCUT2D eigenvalue weighted by atomic mass is 35.5. The molecule has 0 bridgehead atoms. The van der Waals surface area contributed by atoms with Gasteiger partial charge in [0.2, 0.25) is 0 Å². The second kappa shape index (κ2) is 9.69. The van der Waals surface area contributed by atoms with E-state index in [0.29, 0.717) is 29.5 Å². The maximum absolute atomic E-state index is 13.5. The molecule has 0 radical (unpaired) electrons. The zero-order valence-corrected chi connectivity index (χ0v) is 20.0. The van der Waals surface area contributed by atoms with Crippen LogP contribution in [0.1, 0.15) is 40.2 Å². The molecule has 34 heavy (non-hydrogen) atoms. The van der Waals surface area contributed by atoms with Crippen LogP contribution >= 0.6 is 11.6 Å². The summed E-state index contributed by atoms with van der Waals surface area (Å²) in [6, 6.07) is 13.3. The average molecular weight is 503 g/mol. The van der Waals surface area contributed by atoms with Crippen molar-refractivity contribution in [2.45, 2.75) is 30.7 Å². The number of likely N-dealkylation sites (tertiary alicyclic amines) is 1. The molecule has 4 rings (SSSR count). The Morgan fingerprint density at radius 2 is 1.85 bits per heavy atom. The molecule has 1 amide bonds. The standard InChI is InChI=1S/C24H24ClFN4O3S/c1-15-22(29-20-4-2-3-18(25)13-20)21(14-28-23(15)34(27,32)33)24(31)30-11-9-17(10-12-30)16-5-7-19(26)8-6-16/h2-8,13-14,17H,9-12H2,1H3,(H,28,29)(H2,27,32,33). The van der Waals surface area contributed by atoms with Gasteiger partial charge < -0.3 is 10.2 Å². The summed E-state index contributed by atoms with van der Waals surface area (Å²) in [6.07, 6.45) is 2.71. The molecule has 3 N–H and O–H groups in total. The molecular weight excluding hydrogens is 479 g/mol. The van der Waals surface area contributed by atoms with Crippen molar-refractivity contribution in [1.82, 2.24) is 9.88 Å². The third-order valence-electron chi connectivity index (χ3n) is 5.99. The lowest BCUT2D eigenvalue weighted by molar-refractivity contribution is 0.0713. The molecule has 1 aliphatic rings. The number of nitrogens with two attached hydrogens (primary N) is 1. The molecule has 1 aromatic heterocycles. The number of anilines is 2. The summed E-state index contributed by atoms with van der Waals surface area (Å²) < 4.78 is 37.3. The third-order valence-corrected chi connectivity index (χ3v) is 7.18. The maximum atomic E-state index is 13.5. The van der Waals surface area contributed by atoms with E-state index in [1.165, 1.54) is 18.3 Å². The number of piperidine rings is 1. The van der Waals surface area contributed by atoms with E-state index in [2.05, 4.69) is 10.3 Å². The summed E-state index contributed by atoms with van der Waals surface area (Å²) in [4.78, 5) is 19.2. The third kappa shape index (κ3) is 5.22. The molecule has 0 spiro atoms. The van der Waals surface area contributed by atoms with Crippen molar-refractivity contribution in [2.24, 2.45) is 5.14 Å². The first-order valence-corrected chi connectivity index (χ1v) is 12.7. The van der Waals surface area contributed by atoms with E-state index >= 15 is 0 Å². The fourth-order valence-electron chi connectivity index (χ4n) is 4.24. The predicted octanol–water partition coefficient (Wildman–Crippen LogP) is 4.59. The van der Waals surface area contributed by atoms with Gasteiger partial charge in [0.05, 0.1) is 11.3 Å². The van der Waals surface area contributed by atoms with Crippen LogP contribution in [0.3, 0.4) is 0 Å². The average Bonchev–Trinajstić information content (AvgIpc) is 2.80. The Morgan fingerprint density at radius 1 is 1.18 bits per heavy atom. The summed E-state index contributed by atoms with van der Waals surface area (Å²) >= 11 is 6.09. The minimum Gasteiger partial charge on any atom is -0.354 e. The van der Waals surface area contributed by atoms with Gasteiger partial charge in [-0.2, -0.15) is 0 Å². The van der Waals surface area contributed by atoms with E-state index < -0.39 is 10.0 Å². The quantitative estimate of drug-likeness (QED) is 0.530. The van der Waals surface area contributed by atoms with Gasteiger partial charge in [0.25, 0.3) is 15.9 Å². The second-order valence-electron chi connectivity index (χ2n) is 8.28. The Kier molecular flexibility index (Phi) is 6.88. The van der Waals surface area contributed by atoms with E-state index in [9.17, 15) is 17.6 Å². The number of primary sulfonamides is 1. The van der Waals surface area contributed by atoms with E-state index in [4.69, 9.17) is 16.7 Å². The molecule has 7 nitrogen and oxygen atoms in total. The number of aromatic nitrogens is 1. The van der Waals surface area contributed by atoms with Crippen LogP contribution in [-0.2, 0) is 10.0 Å². The number of amides is 1. The normalized spacial score (nSPS) is 14.8. The van der Waals surface area contributed by atoms with Crippen molar-refractivity contribution < 1.29 is 17.6 Å². The van der Waals surface area contributed by atoms with Gasteiger partial charge in [-0.25, -0.2) is 22.9 Å². The minimum absolute atomic E-state index is 0.235. The van der Waals surface area contributed by atoms with Gasteiger partial charge in [0, 0.05) is 35.6 Å². The zero-order chi connectivity index (χ0) is 24.5. The van der Waals surface area contributed by atoms with Crippen molar-refractivity contribution in [1.29, 1.82) is 0 Å². The molecule has 1 saturated heterocycles. The Labute approximate surface area is 202 Å². The van der Waals surface area contributed by atoms with Crippen LogP contribution in [-0.4, -0.2) is 37.3 Å². The Bertz CT molecular complexity index is 1320. The Morgan fingerprint density at radius 3 is 2.47 bits per heavy atom. The first-order valence-electron chi connectivity index (χ1n) is 10.7. The number of sulfonamides is 1. The second-order valence-corrected chi connectivity index (χ2v) is 10.2. The minimum atomic E-state index is -4.09. The van der Waals surface area contributed by atoms with E-state index in [-0.39, 0.29) is 33.8 Å². The SMILES string of the molecule is Cc1c(S(N)(=O)=O)ncc(C(=O)N2CCC(c3ccc(F)cc3)CC2)c1Nc1cccc(Cl)c1. The highest BCUT2D eigenvalue weighted by molar-refractivity contribution is 7.89. The molecule has 0 unspecified atom stereocenters. The fourth-order valence-corrected chi connectivity index (χ4v) is 5.15. The van der Waals surface area contributed by atoms with Crippen molar-refractivity contribution in [3.63, 3.8) is 0 Å². The maximum Gasteiger partial charge on any atom is 0.257 e. The number of nitrogens with one attached hydrogen (secondary N) is 1. The zero-order valence-electron chi connectivity index (χ0n) is 18.5. The number of carbonyl (C=O) groups is 1. The summed E-state index contributed by atoms with van der Waals surface area (Å²) in [7, 11) is -4.09. The van der Waals surface area contributed by atoms with Gasteiger partial charge in [0.1, 0.15) is 5.82 Å². The first kappa shape index (κ1) is 24.1. The largest absolute Gasteiger partial charge is 0.354 e. The molecule has 10 heteroatoms. The molecule has 0 saturated carbocycles. The van der Waals surface area contributed by atoms with Crippen LogP contribution in [0.25, 0.3) is 0 Å². The number of nitrogens with zero attached hydrogens (tertiary/aromatic N) is 2. The number of rotatable bonds is 5. The van der Waals surface area contributed by atoms with Crippen molar-refractivity contribution in [2.75, 3.05) is 18.4 Å². The molecular formula is C24H24ClFN4O3S. The number of benzene rings is 2. The van der Waals surface area contributed by atoms with Crippen molar-refractivity contribution in [3.8, 4) is 0 Å². The fraction of sp³-hybridized carbons (Fsp3) is 0.250. The Balaban J connectivity index is 1.62. The van der Waals surface area contributed by atoms with Crippen LogP contribution in [0, 0.1) is 12.7 Å². The van der Waals surface area contributed by atoms with Gasteiger partial charge in [-0.15, -0.1) is 0 Å². The van der Waals surface area contributed by atoms with Crippen molar-refractivity contribution >= 4 is 38.9 Å². The van der Waals surface area contributed by atoms with Crippen LogP contribution in [0.4, 0.5) is 15.8 Å². The number of hydrogen-bond acceptors (Lipinski definition) is 5. The van der Waals surface area contributed by atoms with Gasteiger partial charge >= 0.3 is 0 Å². The molecule has 1 fully saturated rings. The summed E-state index contributed by atoms with van der Waals surface area (Å²) in [5.74, 6) is -0.307. The molecule has 3 aromatic rings. The number of pyridine rings is 1. The molecule has 0 atom stereocenters. The molecule has 1 aliphatic heterocycles. The van der Waals surface area contributed by atoms with Crippen LogP contribution in [0.2, 0.25) is 5.02 Å². The first-order chi connectivity index (χ1) is 16.1. The van der Waals surface area contributed by atoms with Crippen LogP contribution in [0.15, 0.2) is 59.8 Å². The monoisotopic (exact) mass is 502 g/mol. The van der Waals surface area contributed by atoms with E-state index in [1.54, 1.807) is 48.2 Å². The van der Waals surface area contributed by atoms with Gasteiger partial charge in [-0.05, 0) is 61.6 Å². The lowest BCUT2D eigenvalue weighted by atomic mass is 9.89. The number of carbonyl (C=O) groups excluding carboxylic acids is 1. The molecule has 178 valence electrons. The van der Waals surface area contributed by atoms with Gasteiger partial charge in [-0.3, -0.25) is 4.79 Å². The highest BCUT2D eigenvalue weighted by Crippen LogP contribution is 2.33. The topological polar surface area (TPSA) is 105 Å². The molecule has 2 heterocycles. The lowest BCUT2D eigenvalue weighted by Gasteiger charge is -2.33. The summed E-state index contributed by atoms with van der Waals surface area (Å²) in [6.45, 7) is 2.57. The number of hydrogen-bond donors (Lipinski definition) is 2. The highest BCUT2D eigenvalue weighted by Gasteiger charge is 2.28. The smallest absolute Gasteiger partial charge is 0.257 e. The van der Waals surface area contributed by atoms with Gasteiger partial charge in [-0.1, -0.05) is 29.8 Å². The van der Waals surface area contributed by atoms with E-state index in [0.717, 1.165) is 18.4 Å². The molecule has 2 aromatic carbocycles. The molecule has 0 aliphatic carbocycles. The predicted molar refractivity (Wildman–Crippen MR) is 129 cm³/mol. The summed E-state index contributed by atoms with van der Waals surface area (Å²) in [5, 5.41) is 8.64. The van der Waals surface area contributed by atoms with Crippen LogP contribution in [0.5, 0.6) is 0 Å². The Hall–Kier alpha value is -3.01. The summed E-state index contributed by atoms with van der Waals surface area (Å²) in [5.41, 5.74) is 2.43. The van der Waals surface area contributed by atoms with Gasteiger partial charge in [0.15, 0.2) is 5.03 Å².